The Hall–Kier alpha value is -4.44. The first-order valence-corrected chi connectivity index (χ1v) is 11.1. The monoisotopic (exact) mass is 452 g/mol. The molecule has 4 aromatic rings. The number of ether oxygens (including phenoxy) is 2. The lowest BCUT2D eigenvalue weighted by Crippen LogP contribution is -2.26. The van der Waals surface area contributed by atoms with Crippen molar-refractivity contribution in [1.29, 1.82) is 5.26 Å². The maximum atomic E-state index is 12.7. The third-order valence-corrected chi connectivity index (χ3v) is 6.10. The van der Waals surface area contributed by atoms with Gasteiger partial charge in [0.05, 0.1) is 0 Å². The van der Waals surface area contributed by atoms with Crippen LogP contribution in [0.15, 0.2) is 60.3 Å². The van der Waals surface area contributed by atoms with Gasteiger partial charge >= 0.3 is 0 Å². The minimum Gasteiger partial charge on any atom is -0.454 e. The molecule has 0 unspecified atom stereocenters. The number of nitriles is 1. The van der Waals surface area contributed by atoms with E-state index in [1.165, 1.54) is 0 Å². The van der Waals surface area contributed by atoms with E-state index in [9.17, 15) is 10.1 Å². The maximum absolute atomic E-state index is 12.7. The molecule has 3 heterocycles. The fourth-order valence-corrected chi connectivity index (χ4v) is 4.40. The van der Waals surface area contributed by atoms with Crippen molar-refractivity contribution in [2.75, 3.05) is 13.3 Å². The predicted octanol–water partition coefficient (Wildman–Crippen LogP) is 4.57. The highest BCUT2D eigenvalue weighted by Crippen LogP contribution is 2.35. The lowest BCUT2D eigenvalue weighted by Gasteiger charge is -2.10. The minimum absolute atomic E-state index is 0.0739. The number of para-hydroxylation sites is 1. The lowest BCUT2D eigenvalue weighted by atomic mass is 10.1. The van der Waals surface area contributed by atoms with Gasteiger partial charge < -0.3 is 24.3 Å². The number of H-pyrrole nitrogens is 1. The molecule has 0 radical (unpaired) electrons. The Kier molecular flexibility index (Phi) is 5.56. The Balaban J connectivity index is 1.32. The van der Waals surface area contributed by atoms with Crippen molar-refractivity contribution in [2.24, 2.45) is 0 Å². The number of rotatable bonds is 6. The van der Waals surface area contributed by atoms with Crippen LogP contribution >= 0.6 is 0 Å². The number of carbonyl (C=O) groups is 1. The SMILES string of the molecule is Cc1cc(/C=C(/C#N)C(=O)NCCc2c[nH]c3ccccc23)c(C)n1-c1ccc2c(c1)OCO2. The molecule has 0 saturated carbocycles. The van der Waals surface area contributed by atoms with Gasteiger partial charge in [0.2, 0.25) is 6.79 Å². The van der Waals surface area contributed by atoms with Crippen LogP contribution < -0.4 is 14.8 Å². The van der Waals surface area contributed by atoms with Crippen molar-refractivity contribution < 1.29 is 14.3 Å². The second-order valence-corrected chi connectivity index (χ2v) is 8.23. The van der Waals surface area contributed by atoms with E-state index in [0.717, 1.165) is 44.9 Å². The number of benzene rings is 2. The Bertz CT molecular complexity index is 1470. The first kappa shape index (κ1) is 21.4. The standard InChI is InChI=1S/C27H24N4O3/c1-17-11-20(18(2)31(17)22-7-8-25-26(13-22)34-16-33-25)12-21(14-28)27(32)29-10-9-19-15-30-24-6-4-3-5-23(19)24/h3-8,11-13,15,30H,9-10,16H2,1-2H3,(H,29,32)/b21-12-. The summed E-state index contributed by atoms with van der Waals surface area (Å²) in [6.07, 6.45) is 4.28. The molecule has 7 heteroatoms. The largest absolute Gasteiger partial charge is 0.454 e. The van der Waals surface area contributed by atoms with Gasteiger partial charge in [0.15, 0.2) is 11.5 Å². The van der Waals surface area contributed by atoms with E-state index < -0.39 is 0 Å². The number of hydrogen-bond donors (Lipinski definition) is 2. The van der Waals surface area contributed by atoms with Crippen LogP contribution in [0.5, 0.6) is 11.5 Å². The molecule has 1 amide bonds. The van der Waals surface area contributed by atoms with E-state index >= 15 is 0 Å². The van der Waals surface area contributed by atoms with Crippen LogP contribution in [0.25, 0.3) is 22.7 Å². The van der Waals surface area contributed by atoms with Crippen LogP contribution in [0.3, 0.4) is 0 Å². The van der Waals surface area contributed by atoms with Gasteiger partial charge in [-0.3, -0.25) is 4.79 Å². The van der Waals surface area contributed by atoms with E-state index in [2.05, 4.69) is 27.0 Å². The number of amides is 1. The van der Waals surface area contributed by atoms with E-state index in [-0.39, 0.29) is 18.3 Å². The summed E-state index contributed by atoms with van der Waals surface area (Å²) in [4.78, 5) is 16.0. The Morgan fingerprint density at radius 3 is 2.85 bits per heavy atom. The van der Waals surface area contributed by atoms with Crippen molar-refractivity contribution in [2.45, 2.75) is 20.3 Å². The molecule has 170 valence electrons. The second-order valence-electron chi connectivity index (χ2n) is 8.23. The van der Waals surface area contributed by atoms with Gasteiger partial charge in [-0.05, 0) is 61.7 Å². The van der Waals surface area contributed by atoms with Crippen molar-refractivity contribution in [1.82, 2.24) is 14.9 Å². The average Bonchev–Trinajstić information content (AvgIpc) is 3.54. The average molecular weight is 453 g/mol. The molecule has 34 heavy (non-hydrogen) atoms. The normalized spacial score (nSPS) is 12.7. The van der Waals surface area contributed by atoms with Crippen LogP contribution in [0, 0.1) is 25.2 Å². The molecular formula is C27H24N4O3. The summed E-state index contributed by atoms with van der Waals surface area (Å²) >= 11 is 0. The van der Waals surface area contributed by atoms with Crippen LogP contribution in [0.1, 0.15) is 22.5 Å². The zero-order valence-electron chi connectivity index (χ0n) is 19.0. The summed E-state index contributed by atoms with van der Waals surface area (Å²) in [6, 6.07) is 17.8. The highest BCUT2D eigenvalue weighted by Gasteiger charge is 2.17. The molecule has 0 saturated heterocycles. The zero-order chi connectivity index (χ0) is 23.7. The van der Waals surface area contributed by atoms with Gasteiger partial charge in [0.1, 0.15) is 11.6 Å². The summed E-state index contributed by atoms with van der Waals surface area (Å²) in [5, 5.41) is 13.7. The number of fused-ring (bicyclic) bond motifs is 2. The molecule has 7 nitrogen and oxygen atoms in total. The topological polar surface area (TPSA) is 92.1 Å². The highest BCUT2D eigenvalue weighted by atomic mass is 16.7. The van der Waals surface area contributed by atoms with Gasteiger partial charge in [-0.15, -0.1) is 0 Å². The summed E-state index contributed by atoms with van der Waals surface area (Å²) < 4.78 is 13.0. The Morgan fingerprint density at radius 1 is 1.18 bits per heavy atom. The molecule has 2 aromatic heterocycles. The molecule has 0 fully saturated rings. The molecule has 2 N–H and O–H groups in total. The van der Waals surface area contributed by atoms with Crippen LogP contribution in [-0.4, -0.2) is 28.8 Å². The minimum atomic E-state index is -0.379. The van der Waals surface area contributed by atoms with Crippen LogP contribution in [0.4, 0.5) is 0 Å². The summed E-state index contributed by atoms with van der Waals surface area (Å²) in [7, 11) is 0. The van der Waals surface area contributed by atoms with E-state index in [0.29, 0.717) is 18.7 Å². The van der Waals surface area contributed by atoms with Gasteiger partial charge in [-0.1, -0.05) is 18.2 Å². The first-order valence-electron chi connectivity index (χ1n) is 11.1. The lowest BCUT2D eigenvalue weighted by molar-refractivity contribution is -0.117. The predicted molar refractivity (Wildman–Crippen MR) is 130 cm³/mol. The molecular weight excluding hydrogens is 428 g/mol. The number of hydrogen-bond acceptors (Lipinski definition) is 4. The fraction of sp³-hybridized carbons (Fsp3) is 0.185. The van der Waals surface area contributed by atoms with E-state index in [4.69, 9.17) is 9.47 Å². The number of carbonyl (C=O) groups excluding carboxylic acids is 1. The number of aromatic nitrogens is 2. The van der Waals surface area contributed by atoms with Gasteiger partial charge in [0.25, 0.3) is 5.91 Å². The summed E-state index contributed by atoms with van der Waals surface area (Å²) in [6.45, 7) is 4.61. The van der Waals surface area contributed by atoms with E-state index in [1.807, 2.05) is 62.5 Å². The van der Waals surface area contributed by atoms with Crippen molar-refractivity contribution in [3.8, 4) is 23.3 Å². The van der Waals surface area contributed by atoms with Crippen molar-refractivity contribution in [3.05, 3.63) is 82.8 Å². The third-order valence-electron chi connectivity index (χ3n) is 6.10. The Morgan fingerprint density at radius 2 is 2.00 bits per heavy atom. The maximum Gasteiger partial charge on any atom is 0.261 e. The number of nitrogens with zero attached hydrogens (tertiary/aromatic N) is 2. The van der Waals surface area contributed by atoms with E-state index in [1.54, 1.807) is 6.08 Å². The second kappa shape index (κ2) is 8.83. The molecule has 5 rings (SSSR count). The van der Waals surface area contributed by atoms with Crippen LogP contribution in [-0.2, 0) is 11.2 Å². The fourth-order valence-electron chi connectivity index (χ4n) is 4.40. The first-order chi connectivity index (χ1) is 16.5. The molecule has 1 aliphatic heterocycles. The number of nitrogens with one attached hydrogen (secondary N) is 2. The van der Waals surface area contributed by atoms with Crippen molar-refractivity contribution in [3.63, 3.8) is 0 Å². The smallest absolute Gasteiger partial charge is 0.261 e. The van der Waals surface area contributed by atoms with Crippen molar-refractivity contribution >= 4 is 22.9 Å². The third kappa shape index (κ3) is 3.90. The molecule has 0 spiro atoms. The Labute approximate surface area is 197 Å². The van der Waals surface area contributed by atoms with Crippen LogP contribution in [0.2, 0.25) is 0 Å². The molecule has 0 aliphatic carbocycles. The number of aryl methyl sites for hydroxylation is 1. The van der Waals surface area contributed by atoms with Gasteiger partial charge in [0, 0.05) is 46.8 Å². The van der Waals surface area contributed by atoms with Gasteiger partial charge in [-0.25, -0.2) is 0 Å². The molecule has 0 atom stereocenters. The highest BCUT2D eigenvalue weighted by molar-refractivity contribution is 6.01. The zero-order valence-corrected chi connectivity index (χ0v) is 19.0. The number of aromatic amines is 1. The quantitative estimate of drug-likeness (QED) is 0.331. The summed E-state index contributed by atoms with van der Waals surface area (Å²) in [5.74, 6) is 1.05. The molecule has 1 aliphatic rings. The van der Waals surface area contributed by atoms with Gasteiger partial charge in [-0.2, -0.15) is 5.26 Å². The summed E-state index contributed by atoms with van der Waals surface area (Å²) in [5.41, 5.74) is 5.93. The molecule has 0 bridgehead atoms. The molecule has 2 aromatic carbocycles.